The molecule has 0 aliphatic heterocycles. The number of hydrogen-bond donors (Lipinski definition) is 0. The van der Waals surface area contributed by atoms with Gasteiger partial charge in [-0.2, -0.15) is 0 Å². The summed E-state index contributed by atoms with van der Waals surface area (Å²) in [6.07, 6.45) is 0. The summed E-state index contributed by atoms with van der Waals surface area (Å²) in [6.45, 7) is 2.06. The molecule has 0 atom stereocenters. The number of carbonyl (C=O) groups excluding carboxylic acids is 1. The van der Waals surface area contributed by atoms with Crippen molar-refractivity contribution in [1.82, 2.24) is 0 Å². The Hall–Kier alpha value is -0.980. The second-order valence-corrected chi connectivity index (χ2v) is 3.86. The first kappa shape index (κ1) is 12.1. The molecule has 0 heterocycles. The standard InChI is InChI=1S/C11H8BrClO2/c1-2-15-11(14)6-4-8-3-5-9(12)10(13)7-8/h3,5,7H,2H2,1H3. The number of esters is 1. The molecule has 15 heavy (non-hydrogen) atoms. The Morgan fingerprint density at radius 2 is 2.33 bits per heavy atom. The Morgan fingerprint density at radius 1 is 1.60 bits per heavy atom. The van der Waals surface area contributed by atoms with Gasteiger partial charge >= 0.3 is 5.97 Å². The number of benzene rings is 1. The van der Waals surface area contributed by atoms with Crippen LogP contribution in [0.5, 0.6) is 0 Å². The lowest BCUT2D eigenvalue weighted by Gasteiger charge is -1.95. The number of hydrogen-bond acceptors (Lipinski definition) is 2. The highest BCUT2D eigenvalue weighted by molar-refractivity contribution is 9.10. The van der Waals surface area contributed by atoms with E-state index < -0.39 is 5.97 Å². The van der Waals surface area contributed by atoms with Crippen molar-refractivity contribution >= 4 is 33.5 Å². The highest BCUT2D eigenvalue weighted by Gasteiger charge is 1.97. The van der Waals surface area contributed by atoms with E-state index in [9.17, 15) is 4.79 Å². The van der Waals surface area contributed by atoms with Gasteiger partial charge in [0.15, 0.2) is 0 Å². The average molecular weight is 288 g/mol. The van der Waals surface area contributed by atoms with Crippen molar-refractivity contribution in [3.8, 4) is 11.8 Å². The molecule has 78 valence electrons. The van der Waals surface area contributed by atoms with Gasteiger partial charge in [-0.1, -0.05) is 17.5 Å². The van der Waals surface area contributed by atoms with Gasteiger partial charge in [-0.05, 0) is 41.1 Å². The fourth-order valence-corrected chi connectivity index (χ4v) is 1.29. The van der Waals surface area contributed by atoms with E-state index >= 15 is 0 Å². The van der Waals surface area contributed by atoms with Gasteiger partial charge in [-0.15, -0.1) is 0 Å². The van der Waals surface area contributed by atoms with Crippen LogP contribution in [0.4, 0.5) is 0 Å². The Balaban J connectivity index is 2.80. The number of carbonyl (C=O) groups is 1. The SMILES string of the molecule is CCOC(=O)C#Cc1ccc(Br)c(Cl)c1. The van der Waals surface area contributed by atoms with E-state index in [1.165, 1.54) is 0 Å². The molecule has 0 amide bonds. The zero-order valence-corrected chi connectivity index (χ0v) is 10.4. The molecule has 0 saturated carbocycles. The zero-order valence-electron chi connectivity index (χ0n) is 8.01. The van der Waals surface area contributed by atoms with Crippen molar-refractivity contribution in [2.75, 3.05) is 6.61 Å². The predicted octanol–water partition coefficient (Wildman–Crippen LogP) is 3.02. The lowest BCUT2D eigenvalue weighted by Crippen LogP contribution is -1.99. The van der Waals surface area contributed by atoms with Gasteiger partial charge in [-0.3, -0.25) is 0 Å². The third-order valence-electron chi connectivity index (χ3n) is 1.50. The Bertz CT molecular complexity index is 432. The van der Waals surface area contributed by atoms with Gasteiger partial charge in [0.1, 0.15) is 0 Å². The van der Waals surface area contributed by atoms with Crippen molar-refractivity contribution in [2.45, 2.75) is 6.92 Å². The quantitative estimate of drug-likeness (QED) is 0.586. The first-order valence-electron chi connectivity index (χ1n) is 4.27. The van der Waals surface area contributed by atoms with E-state index in [1.807, 2.05) is 0 Å². The highest BCUT2D eigenvalue weighted by Crippen LogP contribution is 2.22. The summed E-state index contributed by atoms with van der Waals surface area (Å²) < 4.78 is 5.46. The molecule has 4 heteroatoms. The summed E-state index contributed by atoms with van der Waals surface area (Å²) in [5, 5.41) is 0.561. The predicted molar refractivity (Wildman–Crippen MR) is 62.7 cm³/mol. The molecule has 0 unspecified atom stereocenters. The third-order valence-corrected chi connectivity index (χ3v) is 2.74. The summed E-state index contributed by atoms with van der Waals surface area (Å²) >= 11 is 9.12. The van der Waals surface area contributed by atoms with Crippen molar-refractivity contribution in [2.24, 2.45) is 0 Å². The van der Waals surface area contributed by atoms with E-state index in [2.05, 4.69) is 32.5 Å². The topological polar surface area (TPSA) is 26.3 Å². The van der Waals surface area contributed by atoms with E-state index in [-0.39, 0.29) is 0 Å². The van der Waals surface area contributed by atoms with Gasteiger partial charge in [-0.25, -0.2) is 4.79 Å². The van der Waals surface area contributed by atoms with Crippen LogP contribution in [-0.4, -0.2) is 12.6 Å². The van der Waals surface area contributed by atoms with Gasteiger partial charge in [0, 0.05) is 16.0 Å². The van der Waals surface area contributed by atoms with Crippen molar-refractivity contribution in [3.63, 3.8) is 0 Å². The summed E-state index contributed by atoms with van der Waals surface area (Å²) in [6, 6.07) is 5.22. The molecular formula is C11H8BrClO2. The highest BCUT2D eigenvalue weighted by atomic mass is 79.9. The number of halogens is 2. The van der Waals surface area contributed by atoms with Crippen LogP contribution in [-0.2, 0) is 9.53 Å². The average Bonchev–Trinajstić information content (AvgIpc) is 2.20. The van der Waals surface area contributed by atoms with E-state index in [0.29, 0.717) is 17.2 Å². The number of ether oxygens (including phenoxy) is 1. The van der Waals surface area contributed by atoms with Crippen LogP contribution in [0.1, 0.15) is 12.5 Å². The molecule has 0 N–H and O–H groups in total. The van der Waals surface area contributed by atoms with E-state index in [0.717, 1.165) is 4.47 Å². The Morgan fingerprint density at radius 3 is 2.93 bits per heavy atom. The third kappa shape index (κ3) is 3.94. The van der Waals surface area contributed by atoms with Crippen LogP contribution >= 0.6 is 27.5 Å². The molecule has 1 aromatic rings. The minimum absolute atomic E-state index is 0.328. The molecule has 0 aliphatic rings. The molecule has 0 radical (unpaired) electrons. The zero-order chi connectivity index (χ0) is 11.3. The Kier molecular flexibility index (Phi) is 4.67. The smallest absolute Gasteiger partial charge is 0.384 e. The second kappa shape index (κ2) is 5.79. The first-order valence-corrected chi connectivity index (χ1v) is 5.44. The van der Waals surface area contributed by atoms with E-state index in [1.54, 1.807) is 25.1 Å². The molecule has 0 saturated heterocycles. The molecule has 0 bridgehead atoms. The maximum absolute atomic E-state index is 10.9. The summed E-state index contributed by atoms with van der Waals surface area (Å²) in [4.78, 5) is 10.9. The van der Waals surface area contributed by atoms with Crippen LogP contribution in [0, 0.1) is 11.8 Å². The molecule has 0 aromatic heterocycles. The lowest BCUT2D eigenvalue weighted by atomic mass is 10.2. The normalized spacial score (nSPS) is 9.00. The molecule has 1 aromatic carbocycles. The Labute approximate surface area is 102 Å². The number of rotatable bonds is 1. The minimum Gasteiger partial charge on any atom is -0.456 e. The second-order valence-electron chi connectivity index (χ2n) is 2.60. The van der Waals surface area contributed by atoms with E-state index in [4.69, 9.17) is 11.6 Å². The van der Waals surface area contributed by atoms with Crippen LogP contribution in [0.3, 0.4) is 0 Å². The fourth-order valence-electron chi connectivity index (χ4n) is 0.864. The summed E-state index contributed by atoms with van der Waals surface area (Å²) in [5.74, 6) is 4.50. The summed E-state index contributed by atoms with van der Waals surface area (Å²) in [7, 11) is 0. The van der Waals surface area contributed by atoms with Crippen molar-refractivity contribution in [1.29, 1.82) is 0 Å². The van der Waals surface area contributed by atoms with Gasteiger partial charge in [0.05, 0.1) is 11.6 Å². The van der Waals surface area contributed by atoms with Gasteiger partial charge in [0.2, 0.25) is 0 Å². The molecule has 2 nitrogen and oxygen atoms in total. The minimum atomic E-state index is -0.531. The maximum Gasteiger partial charge on any atom is 0.384 e. The van der Waals surface area contributed by atoms with Gasteiger partial charge in [0.25, 0.3) is 0 Å². The van der Waals surface area contributed by atoms with Gasteiger partial charge < -0.3 is 4.74 Å². The summed E-state index contributed by atoms with van der Waals surface area (Å²) in [5.41, 5.74) is 0.677. The molecule has 0 aliphatic carbocycles. The van der Waals surface area contributed by atoms with Crippen LogP contribution in [0.15, 0.2) is 22.7 Å². The molecule has 1 rings (SSSR count). The first-order chi connectivity index (χ1) is 7.13. The molecule has 0 fully saturated rings. The van der Waals surface area contributed by atoms with Crippen molar-refractivity contribution < 1.29 is 9.53 Å². The maximum atomic E-state index is 10.9. The van der Waals surface area contributed by atoms with Crippen LogP contribution in [0.25, 0.3) is 0 Å². The molecule has 0 spiro atoms. The molecular weight excluding hydrogens is 279 g/mol. The largest absolute Gasteiger partial charge is 0.456 e. The van der Waals surface area contributed by atoms with Crippen molar-refractivity contribution in [3.05, 3.63) is 33.3 Å². The van der Waals surface area contributed by atoms with Crippen LogP contribution < -0.4 is 0 Å². The monoisotopic (exact) mass is 286 g/mol. The van der Waals surface area contributed by atoms with Crippen LogP contribution in [0.2, 0.25) is 5.02 Å². The lowest BCUT2D eigenvalue weighted by molar-refractivity contribution is -0.136. The fraction of sp³-hybridized carbons (Fsp3) is 0.182.